The van der Waals surface area contributed by atoms with Crippen LogP contribution in [-0.4, -0.2) is 40.5 Å². The zero-order valence-electron chi connectivity index (χ0n) is 8.45. The number of rotatable bonds is 6. The first-order valence-corrected chi connectivity index (χ1v) is 6.21. The van der Waals surface area contributed by atoms with Crippen molar-refractivity contribution in [2.45, 2.75) is 13.0 Å². The number of aromatic nitrogens is 3. The number of methoxy groups -OCH3 is 1. The molecule has 0 atom stereocenters. The molecule has 0 fully saturated rings. The predicted molar refractivity (Wildman–Crippen MR) is 61.4 cm³/mol. The molecule has 1 rings (SSSR count). The van der Waals surface area contributed by atoms with Crippen LogP contribution in [-0.2, 0) is 17.7 Å². The van der Waals surface area contributed by atoms with E-state index in [4.69, 9.17) is 17.0 Å². The third-order valence-electron chi connectivity index (χ3n) is 1.89. The molecule has 0 saturated carbocycles. The highest BCUT2D eigenvalue weighted by Crippen LogP contribution is 2.03. The summed E-state index contributed by atoms with van der Waals surface area (Å²) in [7, 11) is 1.69. The lowest BCUT2D eigenvalue weighted by Crippen LogP contribution is -2.09. The van der Waals surface area contributed by atoms with Gasteiger partial charge < -0.3 is 9.30 Å². The van der Waals surface area contributed by atoms with Gasteiger partial charge in [-0.25, -0.2) is 0 Å². The highest BCUT2D eigenvalue weighted by atomic mass is 32.2. The maximum atomic E-state index is 5.12. The summed E-state index contributed by atoms with van der Waals surface area (Å²) in [6.45, 7) is 1.44. The predicted octanol–water partition coefficient (Wildman–Crippen LogP) is 1.49. The topological polar surface area (TPSA) is 42.8 Å². The molecule has 1 aromatic heterocycles. The number of aromatic amines is 1. The molecule has 0 aliphatic carbocycles. The van der Waals surface area contributed by atoms with E-state index in [9.17, 15) is 0 Å². The number of hydrogen-bond donors (Lipinski definition) is 1. The molecule has 0 saturated heterocycles. The Bertz CT molecular complexity index is 321. The van der Waals surface area contributed by atoms with Gasteiger partial charge in [-0.15, -0.1) is 0 Å². The van der Waals surface area contributed by atoms with Gasteiger partial charge in [0.05, 0.1) is 6.61 Å². The summed E-state index contributed by atoms with van der Waals surface area (Å²) in [5.41, 5.74) is 0. The van der Waals surface area contributed by atoms with Gasteiger partial charge in [-0.2, -0.15) is 16.9 Å². The van der Waals surface area contributed by atoms with Gasteiger partial charge in [0, 0.05) is 25.8 Å². The Morgan fingerprint density at radius 1 is 1.64 bits per heavy atom. The largest absolute Gasteiger partial charge is 0.383 e. The summed E-state index contributed by atoms with van der Waals surface area (Å²) in [6, 6.07) is 0. The Kier molecular flexibility index (Phi) is 5.21. The molecule has 0 bridgehead atoms. The van der Waals surface area contributed by atoms with Crippen molar-refractivity contribution in [1.29, 1.82) is 0 Å². The first kappa shape index (κ1) is 11.7. The monoisotopic (exact) mass is 233 g/mol. The average Bonchev–Trinajstić information content (AvgIpc) is 2.53. The van der Waals surface area contributed by atoms with Crippen LogP contribution >= 0.6 is 24.0 Å². The van der Waals surface area contributed by atoms with Crippen molar-refractivity contribution in [2.75, 3.05) is 25.7 Å². The Hall–Kier alpha value is -0.330. The van der Waals surface area contributed by atoms with Gasteiger partial charge in [-0.1, -0.05) is 0 Å². The fourth-order valence-corrected chi connectivity index (χ4v) is 1.78. The minimum absolute atomic E-state index is 0.667. The van der Waals surface area contributed by atoms with E-state index < -0.39 is 0 Å². The average molecular weight is 233 g/mol. The van der Waals surface area contributed by atoms with Crippen molar-refractivity contribution < 1.29 is 4.74 Å². The van der Waals surface area contributed by atoms with Crippen LogP contribution in [0.1, 0.15) is 5.82 Å². The van der Waals surface area contributed by atoms with Crippen molar-refractivity contribution >= 4 is 24.0 Å². The van der Waals surface area contributed by atoms with Gasteiger partial charge in [0.15, 0.2) is 4.77 Å². The maximum Gasteiger partial charge on any atom is 0.195 e. The van der Waals surface area contributed by atoms with Crippen molar-refractivity contribution in [3.05, 3.63) is 10.6 Å². The fourth-order valence-electron chi connectivity index (χ4n) is 1.15. The number of ether oxygens (including phenoxy) is 1. The molecule has 1 N–H and O–H groups in total. The van der Waals surface area contributed by atoms with Gasteiger partial charge in [0.25, 0.3) is 0 Å². The standard InChI is InChI=1S/C8H15N3OS2/c1-12-5-4-11-7(3-6-14-2)9-10-8(11)13/h3-6H2,1-2H3,(H,10,13). The van der Waals surface area contributed by atoms with Crippen LogP contribution in [0.2, 0.25) is 0 Å². The smallest absolute Gasteiger partial charge is 0.195 e. The van der Waals surface area contributed by atoms with Crippen LogP contribution in [0.15, 0.2) is 0 Å². The summed E-state index contributed by atoms with van der Waals surface area (Å²) >= 11 is 6.92. The van der Waals surface area contributed by atoms with Crippen LogP contribution in [0.5, 0.6) is 0 Å². The Morgan fingerprint density at radius 3 is 3.07 bits per heavy atom. The van der Waals surface area contributed by atoms with Gasteiger partial charge in [0.1, 0.15) is 5.82 Å². The van der Waals surface area contributed by atoms with Crippen LogP contribution in [0, 0.1) is 4.77 Å². The van der Waals surface area contributed by atoms with E-state index in [1.54, 1.807) is 18.9 Å². The van der Waals surface area contributed by atoms with Crippen molar-refractivity contribution in [1.82, 2.24) is 14.8 Å². The van der Waals surface area contributed by atoms with E-state index in [-0.39, 0.29) is 0 Å². The summed E-state index contributed by atoms with van der Waals surface area (Å²) in [5, 5.41) is 6.99. The minimum atomic E-state index is 0.667. The van der Waals surface area contributed by atoms with Crippen molar-refractivity contribution in [3.8, 4) is 0 Å². The normalized spacial score (nSPS) is 10.7. The first-order chi connectivity index (χ1) is 6.79. The Balaban J connectivity index is 2.67. The van der Waals surface area contributed by atoms with E-state index in [1.807, 2.05) is 4.57 Å². The minimum Gasteiger partial charge on any atom is -0.383 e. The highest BCUT2D eigenvalue weighted by Gasteiger charge is 2.04. The number of hydrogen-bond acceptors (Lipinski definition) is 4. The summed E-state index contributed by atoms with van der Waals surface area (Å²) < 4.78 is 7.69. The summed E-state index contributed by atoms with van der Waals surface area (Å²) in [5.74, 6) is 2.08. The van der Waals surface area contributed by atoms with E-state index >= 15 is 0 Å². The molecule has 1 heterocycles. The molecular formula is C8H15N3OS2. The molecule has 0 aliphatic rings. The van der Waals surface area contributed by atoms with Gasteiger partial charge in [0.2, 0.25) is 0 Å². The lowest BCUT2D eigenvalue weighted by atomic mass is 10.4. The quantitative estimate of drug-likeness (QED) is 0.756. The summed E-state index contributed by atoms with van der Waals surface area (Å²) in [4.78, 5) is 0. The van der Waals surface area contributed by atoms with Crippen LogP contribution in [0.3, 0.4) is 0 Å². The lowest BCUT2D eigenvalue weighted by Gasteiger charge is -2.04. The zero-order valence-corrected chi connectivity index (χ0v) is 10.1. The van der Waals surface area contributed by atoms with Crippen molar-refractivity contribution in [2.24, 2.45) is 0 Å². The lowest BCUT2D eigenvalue weighted by molar-refractivity contribution is 0.186. The fraction of sp³-hybridized carbons (Fsp3) is 0.750. The van der Waals surface area contributed by atoms with E-state index in [1.165, 1.54) is 0 Å². The SMILES string of the molecule is COCCn1c(CCSC)n[nH]c1=S. The molecule has 0 spiro atoms. The number of H-pyrrole nitrogens is 1. The third-order valence-corrected chi connectivity index (χ3v) is 2.81. The number of nitrogens with one attached hydrogen (secondary N) is 1. The zero-order chi connectivity index (χ0) is 10.4. The highest BCUT2D eigenvalue weighted by molar-refractivity contribution is 7.98. The van der Waals surface area contributed by atoms with Gasteiger partial charge in [-0.05, 0) is 18.5 Å². The second kappa shape index (κ2) is 6.21. The van der Waals surface area contributed by atoms with Gasteiger partial charge in [-0.3, -0.25) is 5.10 Å². The van der Waals surface area contributed by atoms with Crippen molar-refractivity contribution in [3.63, 3.8) is 0 Å². The molecule has 14 heavy (non-hydrogen) atoms. The van der Waals surface area contributed by atoms with Gasteiger partial charge >= 0.3 is 0 Å². The van der Waals surface area contributed by atoms with E-state index in [2.05, 4.69) is 16.5 Å². The summed E-state index contributed by atoms with van der Waals surface area (Å²) in [6.07, 6.45) is 3.03. The molecule has 6 heteroatoms. The molecule has 0 radical (unpaired) electrons. The molecule has 80 valence electrons. The Labute approximate surface area is 93.0 Å². The number of thioether (sulfide) groups is 1. The molecule has 0 unspecified atom stereocenters. The third kappa shape index (κ3) is 3.11. The molecule has 0 aliphatic heterocycles. The number of aryl methyl sites for hydroxylation is 1. The first-order valence-electron chi connectivity index (χ1n) is 4.41. The molecule has 0 amide bonds. The molecule has 0 aromatic carbocycles. The molecule has 1 aromatic rings. The van der Waals surface area contributed by atoms with E-state index in [0.29, 0.717) is 11.4 Å². The second-order valence-corrected chi connectivity index (χ2v) is 4.20. The molecular weight excluding hydrogens is 218 g/mol. The van der Waals surface area contributed by atoms with Crippen LogP contribution < -0.4 is 0 Å². The van der Waals surface area contributed by atoms with E-state index in [0.717, 1.165) is 24.5 Å². The number of nitrogens with zero attached hydrogens (tertiary/aromatic N) is 2. The molecule has 4 nitrogen and oxygen atoms in total. The van der Waals surface area contributed by atoms with Crippen LogP contribution in [0.4, 0.5) is 0 Å². The van der Waals surface area contributed by atoms with Crippen LogP contribution in [0.25, 0.3) is 0 Å². The second-order valence-electron chi connectivity index (χ2n) is 2.83. The maximum absolute atomic E-state index is 5.12. The Morgan fingerprint density at radius 2 is 2.43 bits per heavy atom.